The molecule has 1 heterocycles. The van der Waals surface area contributed by atoms with Crippen molar-refractivity contribution in [2.45, 2.75) is 52.0 Å². The summed E-state index contributed by atoms with van der Waals surface area (Å²) in [5.74, 6) is 2.71. The fourth-order valence-corrected chi connectivity index (χ4v) is 3.19. The zero-order valence-corrected chi connectivity index (χ0v) is 14.1. The maximum atomic E-state index is 4.31. The van der Waals surface area contributed by atoms with Gasteiger partial charge in [-0.05, 0) is 37.2 Å². The molecule has 1 fully saturated rings. The number of aromatic nitrogens is 2. The van der Waals surface area contributed by atoms with Crippen LogP contribution in [0.1, 0.15) is 45.4 Å². The van der Waals surface area contributed by atoms with Gasteiger partial charge >= 0.3 is 0 Å². The number of aryl methyl sites for hydroxylation is 1. The molecule has 0 amide bonds. The molecule has 1 aliphatic rings. The molecule has 0 aliphatic heterocycles. The number of aliphatic imine (C=N–C) groups is 1. The molecule has 0 bridgehead atoms. The summed E-state index contributed by atoms with van der Waals surface area (Å²) in [4.78, 5) is 4.31. The minimum absolute atomic E-state index is 0.811. The summed E-state index contributed by atoms with van der Waals surface area (Å²) < 4.78 is 1.96. The van der Waals surface area contributed by atoms with Crippen LogP contribution in [0.3, 0.4) is 0 Å². The molecule has 1 aliphatic carbocycles. The van der Waals surface area contributed by atoms with E-state index in [1.54, 1.807) is 0 Å². The van der Waals surface area contributed by atoms with Crippen molar-refractivity contribution in [1.82, 2.24) is 20.4 Å². The molecule has 124 valence electrons. The van der Waals surface area contributed by atoms with E-state index in [1.807, 2.05) is 30.2 Å². The smallest absolute Gasteiger partial charge is 0.190 e. The molecule has 0 radical (unpaired) electrons. The quantitative estimate of drug-likeness (QED) is 0.462. The Bertz CT molecular complexity index is 418. The summed E-state index contributed by atoms with van der Waals surface area (Å²) >= 11 is 0. The Morgan fingerprint density at radius 1 is 1.23 bits per heavy atom. The molecule has 5 nitrogen and oxygen atoms in total. The highest BCUT2D eigenvalue weighted by Crippen LogP contribution is 2.29. The first-order chi connectivity index (χ1) is 10.8. The van der Waals surface area contributed by atoms with Crippen LogP contribution in [0.25, 0.3) is 0 Å². The third-order valence-corrected chi connectivity index (χ3v) is 4.74. The van der Waals surface area contributed by atoms with Gasteiger partial charge in [0.05, 0.1) is 0 Å². The van der Waals surface area contributed by atoms with Gasteiger partial charge in [0, 0.05) is 39.1 Å². The summed E-state index contributed by atoms with van der Waals surface area (Å²) in [6, 6.07) is 1.96. The zero-order valence-electron chi connectivity index (χ0n) is 14.1. The van der Waals surface area contributed by atoms with Gasteiger partial charge in [-0.2, -0.15) is 5.10 Å². The lowest BCUT2D eigenvalue weighted by atomic mass is 9.81. The molecule has 0 unspecified atom stereocenters. The summed E-state index contributed by atoms with van der Waals surface area (Å²) in [6.45, 7) is 5.23. The van der Waals surface area contributed by atoms with Crippen LogP contribution in [0, 0.1) is 11.8 Å². The Labute approximate surface area is 134 Å². The summed E-state index contributed by atoms with van der Waals surface area (Å²) in [7, 11) is 1.84. The molecule has 5 heteroatoms. The van der Waals surface area contributed by atoms with Crippen LogP contribution in [0.4, 0.5) is 0 Å². The van der Waals surface area contributed by atoms with Crippen molar-refractivity contribution in [1.29, 1.82) is 0 Å². The fraction of sp³-hybridized carbons (Fsp3) is 0.765. The van der Waals surface area contributed by atoms with Crippen molar-refractivity contribution in [2.24, 2.45) is 16.8 Å². The Balaban J connectivity index is 1.57. The van der Waals surface area contributed by atoms with E-state index >= 15 is 0 Å². The lowest BCUT2D eigenvalue weighted by Crippen LogP contribution is -2.40. The first kappa shape index (κ1) is 16.8. The second kappa shape index (κ2) is 9.49. The van der Waals surface area contributed by atoms with Crippen LogP contribution in [0.2, 0.25) is 0 Å². The SMILES string of the molecule is CCC1CCC(CNC(=NC)NCCCn2cccn2)CC1. The predicted molar refractivity (Wildman–Crippen MR) is 91.9 cm³/mol. The molecule has 22 heavy (non-hydrogen) atoms. The first-order valence-electron chi connectivity index (χ1n) is 8.73. The Hall–Kier alpha value is -1.52. The monoisotopic (exact) mass is 305 g/mol. The van der Waals surface area contributed by atoms with E-state index in [0.29, 0.717) is 0 Å². The second-order valence-corrected chi connectivity index (χ2v) is 6.30. The molecule has 1 aromatic heterocycles. The van der Waals surface area contributed by atoms with E-state index in [4.69, 9.17) is 0 Å². The van der Waals surface area contributed by atoms with Gasteiger partial charge in [-0.25, -0.2) is 0 Å². The van der Waals surface area contributed by atoms with E-state index in [-0.39, 0.29) is 0 Å². The van der Waals surface area contributed by atoms with Crippen LogP contribution in [-0.4, -0.2) is 35.9 Å². The maximum Gasteiger partial charge on any atom is 0.190 e. The molecule has 0 spiro atoms. The van der Waals surface area contributed by atoms with Crippen LogP contribution in [0.5, 0.6) is 0 Å². The molecular formula is C17H31N5. The van der Waals surface area contributed by atoms with Crippen molar-refractivity contribution in [3.8, 4) is 0 Å². The van der Waals surface area contributed by atoms with Crippen LogP contribution >= 0.6 is 0 Å². The van der Waals surface area contributed by atoms with Gasteiger partial charge in [-0.1, -0.05) is 26.2 Å². The molecule has 2 N–H and O–H groups in total. The third-order valence-electron chi connectivity index (χ3n) is 4.74. The lowest BCUT2D eigenvalue weighted by Gasteiger charge is -2.28. The number of nitrogens with one attached hydrogen (secondary N) is 2. The van der Waals surface area contributed by atoms with Crippen molar-refractivity contribution in [3.05, 3.63) is 18.5 Å². The van der Waals surface area contributed by atoms with E-state index in [0.717, 1.165) is 43.9 Å². The van der Waals surface area contributed by atoms with Gasteiger partial charge in [0.1, 0.15) is 0 Å². The van der Waals surface area contributed by atoms with Crippen molar-refractivity contribution in [2.75, 3.05) is 20.1 Å². The van der Waals surface area contributed by atoms with Gasteiger partial charge in [0.25, 0.3) is 0 Å². The summed E-state index contributed by atoms with van der Waals surface area (Å²) in [5, 5.41) is 11.1. The third kappa shape index (κ3) is 5.70. The van der Waals surface area contributed by atoms with Gasteiger partial charge in [0.2, 0.25) is 0 Å². The molecule has 0 atom stereocenters. The molecule has 1 saturated carbocycles. The largest absolute Gasteiger partial charge is 0.356 e. The van der Waals surface area contributed by atoms with Crippen molar-refractivity contribution >= 4 is 5.96 Å². The summed E-state index contributed by atoms with van der Waals surface area (Å²) in [5.41, 5.74) is 0. The highest BCUT2D eigenvalue weighted by molar-refractivity contribution is 5.79. The number of nitrogens with zero attached hydrogens (tertiary/aromatic N) is 3. The van der Waals surface area contributed by atoms with E-state index in [1.165, 1.54) is 32.1 Å². The lowest BCUT2D eigenvalue weighted by molar-refractivity contribution is 0.269. The predicted octanol–water partition coefficient (Wildman–Crippen LogP) is 2.65. The fourth-order valence-electron chi connectivity index (χ4n) is 3.19. The minimum Gasteiger partial charge on any atom is -0.356 e. The van der Waals surface area contributed by atoms with Crippen molar-refractivity contribution < 1.29 is 0 Å². The molecule has 0 saturated heterocycles. The standard InChI is InChI=1S/C17H31N5/c1-3-15-6-8-16(9-7-15)14-20-17(18-2)19-10-4-12-22-13-5-11-21-22/h5,11,13,15-16H,3-4,6-10,12,14H2,1-2H3,(H2,18,19,20). The van der Waals surface area contributed by atoms with Crippen molar-refractivity contribution in [3.63, 3.8) is 0 Å². The van der Waals surface area contributed by atoms with Crippen LogP contribution in [0.15, 0.2) is 23.5 Å². The average molecular weight is 305 g/mol. The molecule has 1 aromatic rings. The maximum absolute atomic E-state index is 4.31. The average Bonchev–Trinajstić information content (AvgIpc) is 3.08. The molecule has 2 rings (SSSR count). The van der Waals surface area contributed by atoms with Gasteiger partial charge in [-0.3, -0.25) is 9.67 Å². The number of hydrogen-bond acceptors (Lipinski definition) is 2. The van der Waals surface area contributed by atoms with Crippen LogP contribution in [-0.2, 0) is 6.54 Å². The Morgan fingerprint density at radius 2 is 2.00 bits per heavy atom. The summed E-state index contributed by atoms with van der Waals surface area (Å²) in [6.07, 6.45) is 11.7. The van der Waals surface area contributed by atoms with E-state index in [9.17, 15) is 0 Å². The number of hydrogen-bond donors (Lipinski definition) is 2. The highest BCUT2D eigenvalue weighted by atomic mass is 15.3. The Morgan fingerprint density at radius 3 is 2.64 bits per heavy atom. The minimum atomic E-state index is 0.811. The second-order valence-electron chi connectivity index (χ2n) is 6.30. The van der Waals surface area contributed by atoms with Gasteiger partial charge < -0.3 is 10.6 Å². The molecular weight excluding hydrogens is 274 g/mol. The van der Waals surface area contributed by atoms with E-state index in [2.05, 4.69) is 27.6 Å². The van der Waals surface area contributed by atoms with Crippen LogP contribution < -0.4 is 10.6 Å². The topological polar surface area (TPSA) is 54.2 Å². The Kier molecular flexibility index (Phi) is 7.26. The zero-order chi connectivity index (χ0) is 15.6. The molecule has 0 aromatic carbocycles. The van der Waals surface area contributed by atoms with E-state index < -0.39 is 0 Å². The van der Waals surface area contributed by atoms with Gasteiger partial charge in [-0.15, -0.1) is 0 Å². The number of rotatable bonds is 7. The van der Waals surface area contributed by atoms with Gasteiger partial charge in [0.15, 0.2) is 5.96 Å². The normalized spacial score (nSPS) is 22.5. The number of guanidine groups is 1. The highest BCUT2D eigenvalue weighted by Gasteiger charge is 2.19. The first-order valence-corrected chi connectivity index (χ1v) is 8.73.